The lowest BCUT2D eigenvalue weighted by Crippen LogP contribution is -2.17. The number of fused-ring (bicyclic) bond motifs is 7. The van der Waals surface area contributed by atoms with Crippen molar-refractivity contribution in [3.8, 4) is 44.5 Å². The molecule has 1 aromatic heterocycles. The van der Waals surface area contributed by atoms with Gasteiger partial charge in [0.2, 0.25) is 0 Å². The lowest BCUT2D eigenvalue weighted by atomic mass is 9.78. The standard InChI is InChI=1S/C61H49NO/c1-61(2)55-22-13-21-50(41-14-5-3-6-15-41)60(55)53-36-34-48(39-56(53)61)62(46-30-24-40(25-31-46)45-29-37-58-54(38-45)52-20-11-12-23-57(52)63-58)47-32-26-43(27-33-47)51-35-28-42-16-9-10-19-49(42)59(51)44-17-7-4-8-18-44/h4,7-13,16-39,41H,3,5-6,14-15H2,1-2H3. The van der Waals surface area contributed by atoms with Gasteiger partial charge in [0.25, 0.3) is 0 Å². The van der Waals surface area contributed by atoms with Crippen LogP contribution in [-0.4, -0.2) is 0 Å². The molecule has 0 bridgehead atoms. The molecule has 0 atom stereocenters. The highest BCUT2D eigenvalue weighted by Crippen LogP contribution is 2.54. The molecule has 2 aliphatic rings. The molecule has 1 heterocycles. The Balaban J connectivity index is 0.978. The van der Waals surface area contributed by atoms with Crippen molar-refractivity contribution in [2.24, 2.45) is 0 Å². The number of para-hydroxylation sites is 1. The van der Waals surface area contributed by atoms with Gasteiger partial charge in [-0.05, 0) is 145 Å². The largest absolute Gasteiger partial charge is 0.456 e. The third kappa shape index (κ3) is 6.30. The number of hydrogen-bond acceptors (Lipinski definition) is 2. The fourth-order valence-electron chi connectivity index (χ4n) is 11.1. The predicted molar refractivity (Wildman–Crippen MR) is 266 cm³/mol. The first-order valence-electron chi connectivity index (χ1n) is 22.8. The van der Waals surface area contributed by atoms with E-state index < -0.39 is 0 Å². The summed E-state index contributed by atoms with van der Waals surface area (Å²) >= 11 is 0. The third-order valence-corrected chi connectivity index (χ3v) is 14.3. The van der Waals surface area contributed by atoms with Crippen LogP contribution in [0.4, 0.5) is 17.1 Å². The smallest absolute Gasteiger partial charge is 0.135 e. The van der Waals surface area contributed by atoms with Crippen molar-refractivity contribution in [3.63, 3.8) is 0 Å². The maximum Gasteiger partial charge on any atom is 0.135 e. The first-order valence-corrected chi connectivity index (χ1v) is 22.8. The van der Waals surface area contributed by atoms with E-state index in [2.05, 4.69) is 201 Å². The minimum absolute atomic E-state index is 0.120. The van der Waals surface area contributed by atoms with E-state index in [1.54, 1.807) is 5.56 Å². The monoisotopic (exact) mass is 811 g/mol. The Labute approximate surface area is 370 Å². The number of hydrogen-bond donors (Lipinski definition) is 0. The molecule has 1 saturated carbocycles. The van der Waals surface area contributed by atoms with Crippen LogP contribution in [0.1, 0.15) is 68.6 Å². The van der Waals surface area contributed by atoms with Crippen molar-refractivity contribution < 1.29 is 4.42 Å². The SMILES string of the molecule is CC1(C)c2cc(N(c3ccc(-c4ccc5oc6ccccc6c5c4)cc3)c3ccc(-c4ccc5ccccc5c4-c4ccccc4)cc3)ccc2-c2c(C3CCCCC3)cccc21. The normalized spacial score (nSPS) is 14.6. The van der Waals surface area contributed by atoms with Crippen molar-refractivity contribution in [1.82, 2.24) is 0 Å². The molecule has 0 unspecified atom stereocenters. The van der Waals surface area contributed by atoms with Gasteiger partial charge in [0.15, 0.2) is 0 Å². The summed E-state index contributed by atoms with van der Waals surface area (Å²) in [7, 11) is 0. The quantitative estimate of drug-likeness (QED) is 0.159. The first kappa shape index (κ1) is 37.6. The van der Waals surface area contributed by atoms with Gasteiger partial charge in [0.1, 0.15) is 11.2 Å². The zero-order valence-corrected chi connectivity index (χ0v) is 35.9. The van der Waals surface area contributed by atoms with Crippen LogP contribution in [0.15, 0.2) is 199 Å². The van der Waals surface area contributed by atoms with E-state index in [9.17, 15) is 0 Å². The van der Waals surface area contributed by atoms with E-state index in [4.69, 9.17) is 4.42 Å². The molecule has 0 spiro atoms. The zero-order valence-electron chi connectivity index (χ0n) is 35.9. The maximum absolute atomic E-state index is 6.17. The van der Waals surface area contributed by atoms with Gasteiger partial charge in [-0.25, -0.2) is 0 Å². The summed E-state index contributed by atoms with van der Waals surface area (Å²) < 4.78 is 6.17. The highest BCUT2D eigenvalue weighted by Gasteiger charge is 2.38. The van der Waals surface area contributed by atoms with Gasteiger partial charge in [-0.3, -0.25) is 0 Å². The maximum atomic E-state index is 6.17. The molecular weight excluding hydrogens is 763 g/mol. The number of furan rings is 1. The molecular formula is C61H49NO. The summed E-state index contributed by atoms with van der Waals surface area (Å²) in [5, 5.41) is 4.80. The second-order valence-electron chi connectivity index (χ2n) is 18.3. The molecule has 12 rings (SSSR count). The van der Waals surface area contributed by atoms with E-state index in [1.807, 2.05) is 12.1 Å². The van der Waals surface area contributed by atoms with E-state index >= 15 is 0 Å². The van der Waals surface area contributed by atoms with Gasteiger partial charge in [-0.2, -0.15) is 0 Å². The van der Waals surface area contributed by atoms with Crippen molar-refractivity contribution in [2.45, 2.75) is 57.3 Å². The molecule has 0 aliphatic heterocycles. The van der Waals surface area contributed by atoms with Crippen LogP contribution < -0.4 is 4.90 Å². The molecule has 2 aliphatic carbocycles. The summed E-state index contributed by atoms with van der Waals surface area (Å²) in [6.07, 6.45) is 6.62. The molecule has 10 aromatic rings. The van der Waals surface area contributed by atoms with Crippen molar-refractivity contribution in [1.29, 1.82) is 0 Å². The molecule has 304 valence electrons. The fraction of sp³-hybridized carbons (Fsp3) is 0.148. The highest BCUT2D eigenvalue weighted by molar-refractivity contribution is 6.07. The topological polar surface area (TPSA) is 16.4 Å². The van der Waals surface area contributed by atoms with Crippen molar-refractivity contribution in [2.75, 3.05) is 4.90 Å². The van der Waals surface area contributed by atoms with E-state index in [1.165, 1.54) is 98.5 Å². The van der Waals surface area contributed by atoms with Crippen LogP contribution in [0.2, 0.25) is 0 Å². The van der Waals surface area contributed by atoms with E-state index in [0.717, 1.165) is 39.0 Å². The van der Waals surface area contributed by atoms with Crippen LogP contribution in [0.5, 0.6) is 0 Å². The molecule has 0 radical (unpaired) electrons. The highest BCUT2D eigenvalue weighted by atomic mass is 16.3. The van der Waals surface area contributed by atoms with Crippen molar-refractivity contribution >= 4 is 49.8 Å². The van der Waals surface area contributed by atoms with Crippen LogP contribution in [0.3, 0.4) is 0 Å². The zero-order chi connectivity index (χ0) is 42.1. The summed E-state index contributed by atoms with van der Waals surface area (Å²) in [5.41, 5.74) is 19.7. The molecule has 0 N–H and O–H groups in total. The molecule has 2 nitrogen and oxygen atoms in total. The number of rotatable bonds is 7. The van der Waals surface area contributed by atoms with Crippen molar-refractivity contribution in [3.05, 3.63) is 211 Å². The Hall–Kier alpha value is -7.16. The Bertz CT molecular complexity index is 3330. The molecule has 0 amide bonds. The summed E-state index contributed by atoms with van der Waals surface area (Å²) in [6.45, 7) is 4.85. The minimum Gasteiger partial charge on any atom is -0.456 e. The van der Waals surface area contributed by atoms with Crippen LogP contribution in [0, 0.1) is 0 Å². The summed E-state index contributed by atoms with van der Waals surface area (Å²) in [4.78, 5) is 2.44. The average molecular weight is 812 g/mol. The Kier molecular flexibility index (Phi) is 8.97. The Morgan fingerprint density at radius 1 is 0.429 bits per heavy atom. The van der Waals surface area contributed by atoms with Gasteiger partial charge in [-0.15, -0.1) is 0 Å². The van der Waals surface area contributed by atoms with E-state index in [-0.39, 0.29) is 5.41 Å². The van der Waals surface area contributed by atoms with E-state index in [0.29, 0.717) is 5.92 Å². The Morgan fingerprint density at radius 3 is 1.87 bits per heavy atom. The molecule has 63 heavy (non-hydrogen) atoms. The second kappa shape index (κ2) is 15.0. The number of nitrogens with zero attached hydrogens (tertiary/aromatic N) is 1. The predicted octanol–water partition coefficient (Wildman–Crippen LogP) is 17.6. The van der Waals surface area contributed by atoms with Gasteiger partial charge in [0, 0.05) is 33.2 Å². The minimum atomic E-state index is -0.120. The summed E-state index contributed by atoms with van der Waals surface area (Å²) in [6, 6.07) is 71.7. The van der Waals surface area contributed by atoms with Crippen LogP contribution >= 0.6 is 0 Å². The third-order valence-electron chi connectivity index (χ3n) is 14.3. The Morgan fingerprint density at radius 2 is 1.08 bits per heavy atom. The number of anilines is 3. The molecule has 9 aromatic carbocycles. The lowest BCUT2D eigenvalue weighted by Gasteiger charge is -2.28. The first-order chi connectivity index (χ1) is 31.0. The average Bonchev–Trinajstić information content (AvgIpc) is 3.83. The lowest BCUT2D eigenvalue weighted by molar-refractivity contribution is 0.444. The van der Waals surface area contributed by atoms with Gasteiger partial charge in [-0.1, -0.05) is 173 Å². The van der Waals surface area contributed by atoms with Crippen LogP contribution in [-0.2, 0) is 5.41 Å². The summed E-state index contributed by atoms with van der Waals surface area (Å²) in [5.74, 6) is 0.640. The van der Waals surface area contributed by atoms with Gasteiger partial charge >= 0.3 is 0 Å². The molecule has 1 fully saturated rings. The van der Waals surface area contributed by atoms with Gasteiger partial charge in [0.05, 0.1) is 0 Å². The molecule has 2 heteroatoms. The van der Waals surface area contributed by atoms with Gasteiger partial charge < -0.3 is 9.32 Å². The second-order valence-corrected chi connectivity index (χ2v) is 18.3. The fourth-order valence-corrected chi connectivity index (χ4v) is 11.1. The molecule has 0 saturated heterocycles. The van der Waals surface area contributed by atoms with Crippen LogP contribution in [0.25, 0.3) is 77.2 Å². The number of benzene rings is 9.